The molecule has 2 aliphatic heterocycles. The van der Waals surface area contributed by atoms with Crippen molar-refractivity contribution in [3.05, 3.63) is 23.8 Å². The molecule has 2 heterocycles. The van der Waals surface area contributed by atoms with Crippen LogP contribution in [0.4, 0.5) is 11.4 Å². The summed E-state index contributed by atoms with van der Waals surface area (Å²) >= 11 is 0. The Morgan fingerprint density at radius 3 is 2.31 bits per heavy atom. The van der Waals surface area contributed by atoms with E-state index in [0.717, 1.165) is 68.3 Å². The maximum Gasteiger partial charge on any atom is 0.256 e. The summed E-state index contributed by atoms with van der Waals surface area (Å²) < 4.78 is 0. The van der Waals surface area contributed by atoms with Gasteiger partial charge >= 0.3 is 0 Å². The second kappa shape index (κ2) is 9.64. The Labute approximate surface area is 174 Å². The molecule has 1 aromatic carbocycles. The minimum atomic E-state index is 0.0715. The van der Waals surface area contributed by atoms with Crippen LogP contribution in [-0.4, -0.2) is 42.9 Å². The van der Waals surface area contributed by atoms with Gasteiger partial charge in [0.05, 0.1) is 5.56 Å². The van der Waals surface area contributed by atoms with Gasteiger partial charge in [0.25, 0.3) is 5.91 Å². The summed E-state index contributed by atoms with van der Waals surface area (Å²) in [5, 5.41) is 3.05. The van der Waals surface area contributed by atoms with E-state index in [4.69, 9.17) is 0 Å². The molecule has 3 fully saturated rings. The van der Waals surface area contributed by atoms with Gasteiger partial charge in [-0.15, -0.1) is 0 Å². The number of nitrogens with one attached hydrogen (secondary N) is 1. The van der Waals surface area contributed by atoms with Crippen molar-refractivity contribution in [2.45, 2.75) is 70.6 Å². The number of piperidine rings is 1. The normalized spacial score (nSPS) is 20.3. The van der Waals surface area contributed by atoms with Gasteiger partial charge < -0.3 is 15.1 Å². The smallest absolute Gasteiger partial charge is 0.256 e. The highest BCUT2D eigenvalue weighted by molar-refractivity contribution is 6.02. The third kappa shape index (κ3) is 5.12. The van der Waals surface area contributed by atoms with E-state index in [-0.39, 0.29) is 11.8 Å². The molecule has 3 aliphatic rings. The molecule has 1 aromatic rings. The van der Waals surface area contributed by atoms with Crippen molar-refractivity contribution in [2.24, 2.45) is 5.92 Å². The van der Waals surface area contributed by atoms with Crippen LogP contribution in [0.25, 0.3) is 0 Å². The number of amides is 2. The number of benzene rings is 1. The van der Waals surface area contributed by atoms with Gasteiger partial charge in [0.1, 0.15) is 0 Å². The molecule has 29 heavy (non-hydrogen) atoms. The number of nitrogens with zero attached hydrogens (tertiary/aromatic N) is 2. The molecule has 5 heteroatoms. The van der Waals surface area contributed by atoms with Crippen molar-refractivity contribution in [3.63, 3.8) is 0 Å². The molecule has 158 valence electrons. The molecule has 4 rings (SSSR count). The monoisotopic (exact) mass is 397 g/mol. The predicted molar refractivity (Wildman–Crippen MR) is 117 cm³/mol. The molecule has 5 nitrogen and oxygen atoms in total. The topological polar surface area (TPSA) is 52.7 Å². The van der Waals surface area contributed by atoms with E-state index in [9.17, 15) is 9.59 Å². The van der Waals surface area contributed by atoms with E-state index in [1.807, 2.05) is 23.1 Å². The highest BCUT2D eigenvalue weighted by Crippen LogP contribution is 2.30. The van der Waals surface area contributed by atoms with Crippen LogP contribution in [0.1, 0.15) is 81.0 Å². The van der Waals surface area contributed by atoms with E-state index < -0.39 is 0 Å². The molecule has 1 N–H and O–H groups in total. The zero-order valence-corrected chi connectivity index (χ0v) is 17.6. The van der Waals surface area contributed by atoms with Gasteiger partial charge in [0.15, 0.2) is 0 Å². The Bertz CT molecular complexity index is 715. The summed E-state index contributed by atoms with van der Waals surface area (Å²) in [4.78, 5) is 30.0. The molecule has 0 radical (unpaired) electrons. The fourth-order valence-corrected chi connectivity index (χ4v) is 5.14. The Balaban J connectivity index is 1.48. The van der Waals surface area contributed by atoms with Crippen LogP contribution < -0.4 is 10.2 Å². The van der Waals surface area contributed by atoms with Crippen LogP contribution in [0.2, 0.25) is 0 Å². The van der Waals surface area contributed by atoms with Gasteiger partial charge in [-0.3, -0.25) is 9.59 Å². The van der Waals surface area contributed by atoms with E-state index in [2.05, 4.69) is 10.2 Å². The number of hydrogen-bond acceptors (Lipinski definition) is 3. The lowest BCUT2D eigenvalue weighted by Crippen LogP contribution is -2.34. The van der Waals surface area contributed by atoms with E-state index in [1.165, 1.54) is 44.9 Å². The number of carbonyl (C=O) groups is 2. The van der Waals surface area contributed by atoms with E-state index in [0.29, 0.717) is 6.42 Å². The maximum atomic E-state index is 13.2. The van der Waals surface area contributed by atoms with Crippen molar-refractivity contribution in [1.29, 1.82) is 0 Å². The Morgan fingerprint density at radius 1 is 0.897 bits per heavy atom. The number of hydrogen-bond donors (Lipinski definition) is 1. The van der Waals surface area contributed by atoms with Crippen LogP contribution in [-0.2, 0) is 4.79 Å². The van der Waals surface area contributed by atoms with Gasteiger partial charge in [-0.2, -0.15) is 0 Å². The standard InChI is InChI=1S/C24H35N3O2/c28-23(13-10-19-8-2-3-9-19)25-20-11-12-22(26-14-4-1-5-15-26)21(18-20)24(29)27-16-6-7-17-27/h11-12,18-19H,1-10,13-17H2,(H,25,28). The predicted octanol–water partition coefficient (Wildman–Crippen LogP) is 4.82. The fraction of sp³-hybridized carbons (Fsp3) is 0.667. The second-order valence-electron chi connectivity index (χ2n) is 9.02. The highest BCUT2D eigenvalue weighted by Gasteiger charge is 2.25. The summed E-state index contributed by atoms with van der Waals surface area (Å²) in [6, 6.07) is 5.93. The number of carbonyl (C=O) groups excluding carboxylic acids is 2. The first-order valence-corrected chi connectivity index (χ1v) is 11.7. The molecule has 2 saturated heterocycles. The van der Waals surface area contributed by atoms with Crippen molar-refractivity contribution in [3.8, 4) is 0 Å². The van der Waals surface area contributed by atoms with Crippen molar-refractivity contribution < 1.29 is 9.59 Å². The summed E-state index contributed by atoms with van der Waals surface area (Å²) in [5.74, 6) is 0.904. The highest BCUT2D eigenvalue weighted by atomic mass is 16.2. The average Bonchev–Trinajstić information content (AvgIpc) is 3.46. The lowest BCUT2D eigenvalue weighted by Gasteiger charge is -2.31. The van der Waals surface area contributed by atoms with Gasteiger partial charge in [0, 0.05) is 44.0 Å². The van der Waals surface area contributed by atoms with Crippen LogP contribution in [0, 0.1) is 5.92 Å². The SMILES string of the molecule is O=C(CCC1CCCC1)Nc1ccc(N2CCCCC2)c(C(=O)N2CCCC2)c1. The van der Waals surface area contributed by atoms with E-state index >= 15 is 0 Å². The molecular weight excluding hydrogens is 362 g/mol. The van der Waals surface area contributed by atoms with Crippen LogP contribution in [0.15, 0.2) is 18.2 Å². The number of likely N-dealkylation sites (tertiary alicyclic amines) is 1. The molecule has 0 spiro atoms. The van der Waals surface area contributed by atoms with Crippen molar-refractivity contribution in [2.75, 3.05) is 36.4 Å². The van der Waals surface area contributed by atoms with Crippen molar-refractivity contribution in [1.82, 2.24) is 4.90 Å². The Kier molecular flexibility index (Phi) is 6.73. The summed E-state index contributed by atoms with van der Waals surface area (Å²) in [7, 11) is 0. The molecule has 0 atom stereocenters. The summed E-state index contributed by atoms with van der Waals surface area (Å²) in [6.45, 7) is 3.70. The molecular formula is C24H35N3O2. The summed E-state index contributed by atoms with van der Waals surface area (Å²) in [5.41, 5.74) is 2.54. The fourth-order valence-electron chi connectivity index (χ4n) is 5.14. The largest absolute Gasteiger partial charge is 0.371 e. The lowest BCUT2D eigenvalue weighted by molar-refractivity contribution is -0.116. The maximum absolute atomic E-state index is 13.2. The molecule has 1 aliphatic carbocycles. The summed E-state index contributed by atoms with van der Waals surface area (Å²) in [6.07, 6.45) is 12.5. The first kappa shape index (κ1) is 20.2. The molecule has 2 amide bonds. The quantitative estimate of drug-likeness (QED) is 0.749. The third-order valence-electron chi connectivity index (χ3n) is 6.86. The Hall–Kier alpha value is -2.04. The first-order valence-electron chi connectivity index (χ1n) is 11.7. The first-order chi connectivity index (χ1) is 14.2. The second-order valence-corrected chi connectivity index (χ2v) is 9.02. The molecule has 0 unspecified atom stereocenters. The van der Waals surface area contributed by atoms with Crippen molar-refractivity contribution >= 4 is 23.2 Å². The minimum Gasteiger partial charge on any atom is -0.371 e. The van der Waals surface area contributed by atoms with Gasteiger partial charge in [0.2, 0.25) is 5.91 Å². The Morgan fingerprint density at radius 2 is 1.59 bits per heavy atom. The molecule has 0 aromatic heterocycles. The van der Waals surface area contributed by atoms with E-state index in [1.54, 1.807) is 0 Å². The van der Waals surface area contributed by atoms with Gasteiger partial charge in [-0.25, -0.2) is 0 Å². The zero-order valence-electron chi connectivity index (χ0n) is 17.6. The van der Waals surface area contributed by atoms with Crippen LogP contribution in [0.3, 0.4) is 0 Å². The lowest BCUT2D eigenvalue weighted by atomic mass is 10.0. The average molecular weight is 398 g/mol. The van der Waals surface area contributed by atoms with Crippen LogP contribution >= 0.6 is 0 Å². The minimum absolute atomic E-state index is 0.0715. The number of rotatable bonds is 6. The van der Waals surface area contributed by atoms with Crippen LogP contribution in [0.5, 0.6) is 0 Å². The molecule has 1 saturated carbocycles. The zero-order chi connectivity index (χ0) is 20.1. The molecule has 0 bridgehead atoms. The third-order valence-corrected chi connectivity index (χ3v) is 6.86. The van der Waals surface area contributed by atoms with Gasteiger partial charge in [-0.1, -0.05) is 25.7 Å². The number of anilines is 2. The van der Waals surface area contributed by atoms with Gasteiger partial charge in [-0.05, 0) is 62.6 Å².